The number of nitrogens with zero attached hydrogens (tertiary/aromatic N) is 3. The number of pyridine rings is 1. The summed E-state index contributed by atoms with van der Waals surface area (Å²) < 4.78 is 13.3. The minimum atomic E-state index is 0.480. The molecule has 0 aliphatic carbocycles. The second kappa shape index (κ2) is 5.41. The van der Waals surface area contributed by atoms with Crippen LogP contribution in [0, 0.1) is 6.92 Å². The number of halogens is 1. The van der Waals surface area contributed by atoms with Crippen LogP contribution >= 0.6 is 15.9 Å². The van der Waals surface area contributed by atoms with Crippen molar-refractivity contribution in [3.63, 3.8) is 0 Å². The van der Waals surface area contributed by atoms with Gasteiger partial charge in [-0.25, -0.2) is 9.67 Å². The summed E-state index contributed by atoms with van der Waals surface area (Å²) in [5.41, 5.74) is 2.98. The van der Waals surface area contributed by atoms with E-state index in [1.165, 1.54) is 0 Å². The highest BCUT2D eigenvalue weighted by Crippen LogP contribution is 2.30. The maximum atomic E-state index is 5.43. The first-order valence-corrected chi connectivity index (χ1v) is 7.10. The summed E-state index contributed by atoms with van der Waals surface area (Å²) >= 11 is 3.51. The zero-order chi connectivity index (χ0) is 14.1. The molecule has 0 radical (unpaired) electrons. The molecule has 1 aliphatic rings. The molecule has 0 spiro atoms. The second-order valence-electron chi connectivity index (χ2n) is 4.53. The van der Waals surface area contributed by atoms with E-state index in [1.807, 2.05) is 17.7 Å². The number of fused-ring (bicyclic) bond motifs is 1. The average molecular weight is 339 g/mol. The van der Waals surface area contributed by atoms with E-state index in [1.54, 1.807) is 13.3 Å². The van der Waals surface area contributed by atoms with Crippen LogP contribution in [0.3, 0.4) is 0 Å². The summed E-state index contributed by atoms with van der Waals surface area (Å²) in [6.45, 7) is 3.13. The predicted molar refractivity (Wildman–Crippen MR) is 78.5 cm³/mol. The number of hydrogen-bond donors (Lipinski definition) is 1. The van der Waals surface area contributed by atoms with Crippen LogP contribution in [-0.2, 0) is 11.2 Å². The molecule has 0 atom stereocenters. The van der Waals surface area contributed by atoms with Gasteiger partial charge in [0.25, 0.3) is 0 Å². The summed E-state index contributed by atoms with van der Waals surface area (Å²) in [6, 6.07) is 2.00. The molecule has 0 amide bonds. The van der Waals surface area contributed by atoms with Crippen LogP contribution < -0.4 is 10.1 Å². The van der Waals surface area contributed by atoms with E-state index in [9.17, 15) is 0 Å². The van der Waals surface area contributed by atoms with Crippen LogP contribution in [0.2, 0.25) is 0 Å². The molecule has 7 heteroatoms. The fourth-order valence-corrected chi connectivity index (χ4v) is 2.80. The van der Waals surface area contributed by atoms with Crippen molar-refractivity contribution in [3.05, 3.63) is 28.0 Å². The molecule has 0 bridgehead atoms. The van der Waals surface area contributed by atoms with E-state index >= 15 is 0 Å². The SMILES string of the molecule is COc1ncc(-n2nc(Br)c3c2NCOCC3)cc1C. The van der Waals surface area contributed by atoms with E-state index in [-0.39, 0.29) is 0 Å². The molecule has 1 aliphatic heterocycles. The Balaban J connectivity index is 2.08. The number of nitrogens with one attached hydrogen (secondary N) is 1. The van der Waals surface area contributed by atoms with Crippen LogP contribution in [0.25, 0.3) is 5.69 Å². The van der Waals surface area contributed by atoms with E-state index < -0.39 is 0 Å². The van der Waals surface area contributed by atoms with Gasteiger partial charge in [-0.05, 0) is 28.9 Å². The molecule has 0 fully saturated rings. The normalized spacial score (nSPS) is 14.3. The number of anilines is 1. The Morgan fingerprint density at radius 2 is 2.35 bits per heavy atom. The van der Waals surface area contributed by atoms with Crippen LogP contribution in [0.4, 0.5) is 5.82 Å². The highest BCUT2D eigenvalue weighted by molar-refractivity contribution is 9.10. The van der Waals surface area contributed by atoms with Crippen molar-refractivity contribution < 1.29 is 9.47 Å². The van der Waals surface area contributed by atoms with E-state index in [0.29, 0.717) is 19.2 Å². The lowest BCUT2D eigenvalue weighted by molar-refractivity contribution is 0.159. The Morgan fingerprint density at radius 3 is 3.10 bits per heavy atom. The van der Waals surface area contributed by atoms with Crippen molar-refractivity contribution in [1.29, 1.82) is 0 Å². The lowest BCUT2D eigenvalue weighted by atomic mass is 10.2. The molecule has 2 aromatic rings. The van der Waals surface area contributed by atoms with Gasteiger partial charge in [0.2, 0.25) is 5.88 Å². The van der Waals surface area contributed by atoms with Crippen molar-refractivity contribution in [2.45, 2.75) is 13.3 Å². The fourth-order valence-electron chi connectivity index (χ4n) is 2.26. The summed E-state index contributed by atoms with van der Waals surface area (Å²) in [4.78, 5) is 4.30. The summed E-state index contributed by atoms with van der Waals surface area (Å²) in [5, 5.41) is 7.79. The molecule has 0 unspecified atom stereocenters. The number of aromatic nitrogens is 3. The fraction of sp³-hybridized carbons (Fsp3) is 0.385. The van der Waals surface area contributed by atoms with E-state index in [2.05, 4.69) is 31.3 Å². The molecule has 0 aromatic carbocycles. The highest BCUT2D eigenvalue weighted by atomic mass is 79.9. The van der Waals surface area contributed by atoms with Gasteiger partial charge in [-0.3, -0.25) is 0 Å². The third-order valence-corrected chi connectivity index (χ3v) is 3.86. The van der Waals surface area contributed by atoms with Gasteiger partial charge in [0.1, 0.15) is 17.2 Å². The smallest absolute Gasteiger partial charge is 0.216 e. The number of aryl methyl sites for hydroxylation is 1. The molecule has 106 valence electrons. The van der Waals surface area contributed by atoms with Gasteiger partial charge in [-0.2, -0.15) is 5.10 Å². The van der Waals surface area contributed by atoms with E-state index in [0.717, 1.165) is 33.7 Å². The molecule has 3 rings (SSSR count). The second-order valence-corrected chi connectivity index (χ2v) is 5.28. The van der Waals surface area contributed by atoms with Crippen molar-refractivity contribution in [1.82, 2.24) is 14.8 Å². The number of hydrogen-bond acceptors (Lipinski definition) is 5. The lowest BCUT2D eigenvalue weighted by Crippen LogP contribution is -2.09. The highest BCUT2D eigenvalue weighted by Gasteiger charge is 2.19. The zero-order valence-corrected chi connectivity index (χ0v) is 12.9. The van der Waals surface area contributed by atoms with Crippen molar-refractivity contribution >= 4 is 21.7 Å². The first kappa shape index (κ1) is 13.4. The number of rotatable bonds is 2. The lowest BCUT2D eigenvalue weighted by Gasteiger charge is -2.10. The number of methoxy groups -OCH3 is 1. The maximum absolute atomic E-state index is 5.43. The summed E-state index contributed by atoms with van der Waals surface area (Å²) in [6.07, 6.45) is 2.57. The standard InChI is InChI=1S/C13H15BrN4O2/c1-8-5-9(6-15-13(8)19-2)18-12-10(11(14)17-18)3-4-20-7-16-12/h5-6,16H,3-4,7H2,1-2H3. The van der Waals surface area contributed by atoms with E-state index in [4.69, 9.17) is 9.47 Å². The molecule has 0 saturated heterocycles. The van der Waals surface area contributed by atoms with Gasteiger partial charge in [0, 0.05) is 17.5 Å². The molecule has 20 heavy (non-hydrogen) atoms. The Bertz CT molecular complexity index is 642. The van der Waals surface area contributed by atoms with Crippen LogP contribution in [0.5, 0.6) is 5.88 Å². The van der Waals surface area contributed by atoms with Crippen LogP contribution in [0.1, 0.15) is 11.1 Å². The molecule has 2 aromatic heterocycles. The number of ether oxygens (including phenoxy) is 2. The largest absolute Gasteiger partial charge is 0.481 e. The first-order valence-electron chi connectivity index (χ1n) is 6.30. The maximum Gasteiger partial charge on any atom is 0.216 e. The monoisotopic (exact) mass is 338 g/mol. The molecular weight excluding hydrogens is 324 g/mol. The molecule has 1 N–H and O–H groups in total. The van der Waals surface area contributed by atoms with Crippen LogP contribution in [-0.4, -0.2) is 35.2 Å². The van der Waals surface area contributed by atoms with Crippen molar-refractivity contribution in [2.24, 2.45) is 0 Å². The van der Waals surface area contributed by atoms with Gasteiger partial charge in [0.05, 0.1) is 25.6 Å². The Kier molecular flexibility index (Phi) is 3.62. The predicted octanol–water partition coefficient (Wildman–Crippen LogP) is 2.29. The summed E-state index contributed by atoms with van der Waals surface area (Å²) in [5.74, 6) is 1.57. The van der Waals surface area contributed by atoms with Crippen molar-refractivity contribution in [3.8, 4) is 11.6 Å². The first-order chi connectivity index (χ1) is 9.70. The Labute approximate surface area is 125 Å². The molecule has 6 nitrogen and oxygen atoms in total. The van der Waals surface area contributed by atoms with Gasteiger partial charge < -0.3 is 14.8 Å². The topological polar surface area (TPSA) is 61.2 Å². The van der Waals surface area contributed by atoms with Gasteiger partial charge >= 0.3 is 0 Å². The average Bonchev–Trinajstić information content (AvgIpc) is 2.64. The minimum absolute atomic E-state index is 0.480. The summed E-state index contributed by atoms with van der Waals surface area (Å²) in [7, 11) is 1.62. The third kappa shape index (κ3) is 2.27. The van der Waals surface area contributed by atoms with Crippen LogP contribution in [0.15, 0.2) is 16.9 Å². The zero-order valence-electron chi connectivity index (χ0n) is 11.3. The molecular formula is C13H15BrN4O2. The molecule has 0 saturated carbocycles. The van der Waals surface area contributed by atoms with Crippen molar-refractivity contribution in [2.75, 3.05) is 25.8 Å². The quantitative estimate of drug-likeness (QED) is 0.910. The van der Waals surface area contributed by atoms with Gasteiger partial charge in [-0.15, -0.1) is 0 Å². The van der Waals surface area contributed by atoms with Gasteiger partial charge in [-0.1, -0.05) is 0 Å². The Hall–Kier alpha value is -1.60. The van der Waals surface area contributed by atoms with Gasteiger partial charge in [0.15, 0.2) is 0 Å². The molecule has 3 heterocycles. The third-order valence-electron chi connectivity index (χ3n) is 3.23. The minimum Gasteiger partial charge on any atom is -0.481 e. The Morgan fingerprint density at radius 1 is 1.50 bits per heavy atom.